The second-order valence-corrected chi connectivity index (χ2v) is 4.58. The third-order valence-corrected chi connectivity index (χ3v) is 3.29. The maximum Gasteiger partial charge on any atom is 0.414 e. The predicted octanol–water partition coefficient (Wildman–Crippen LogP) is 2.93. The minimum absolute atomic E-state index is 0.145. The van der Waals surface area contributed by atoms with Crippen LogP contribution in [-0.4, -0.2) is 36.7 Å². The number of ether oxygens (including phenoxy) is 3. The van der Waals surface area contributed by atoms with E-state index in [0.29, 0.717) is 13.2 Å². The molecule has 0 unspecified atom stereocenters. The molecule has 5 nitrogen and oxygen atoms in total. The SMILES string of the molecule is CCOC(OCC)N1C(=O)O[C@H](c2ccccc2)[C@@H]1C. The molecule has 1 amide bonds. The molecule has 1 aliphatic heterocycles. The summed E-state index contributed by atoms with van der Waals surface area (Å²) in [6.07, 6.45) is -1.40. The number of hydrogen-bond donors (Lipinski definition) is 0. The number of cyclic esters (lactones) is 1. The summed E-state index contributed by atoms with van der Waals surface area (Å²) in [6, 6.07) is 9.56. The van der Waals surface area contributed by atoms with Gasteiger partial charge in [0.15, 0.2) is 0 Å². The molecule has 0 N–H and O–H groups in total. The van der Waals surface area contributed by atoms with Gasteiger partial charge in [0.05, 0.1) is 6.04 Å². The van der Waals surface area contributed by atoms with E-state index in [2.05, 4.69) is 0 Å². The molecule has 2 atom stereocenters. The van der Waals surface area contributed by atoms with E-state index in [1.54, 1.807) is 0 Å². The number of amides is 1. The molecule has 20 heavy (non-hydrogen) atoms. The Morgan fingerprint density at radius 1 is 1.20 bits per heavy atom. The van der Waals surface area contributed by atoms with Crippen molar-refractivity contribution >= 4 is 6.09 Å². The van der Waals surface area contributed by atoms with Crippen molar-refractivity contribution in [3.05, 3.63) is 35.9 Å². The molecule has 5 heteroatoms. The molecular weight excluding hydrogens is 258 g/mol. The summed E-state index contributed by atoms with van der Waals surface area (Å²) in [5.74, 6) is 0. The van der Waals surface area contributed by atoms with Crippen molar-refractivity contribution in [2.24, 2.45) is 0 Å². The Hall–Kier alpha value is -1.59. The van der Waals surface area contributed by atoms with Crippen LogP contribution in [0.1, 0.15) is 32.4 Å². The summed E-state index contributed by atoms with van der Waals surface area (Å²) in [5, 5.41) is 0. The minimum atomic E-state index is -0.693. The Labute approximate surface area is 119 Å². The van der Waals surface area contributed by atoms with E-state index in [0.717, 1.165) is 5.56 Å². The van der Waals surface area contributed by atoms with E-state index < -0.39 is 12.5 Å². The number of carbonyl (C=O) groups is 1. The summed E-state index contributed by atoms with van der Waals surface area (Å²) in [6.45, 7) is 6.61. The highest BCUT2D eigenvalue weighted by Crippen LogP contribution is 2.33. The van der Waals surface area contributed by atoms with Gasteiger partial charge in [-0.3, -0.25) is 4.90 Å². The molecule has 1 saturated heterocycles. The molecule has 0 bridgehead atoms. The van der Waals surface area contributed by atoms with Gasteiger partial charge in [0.2, 0.25) is 6.41 Å². The zero-order valence-corrected chi connectivity index (χ0v) is 12.1. The van der Waals surface area contributed by atoms with Gasteiger partial charge < -0.3 is 14.2 Å². The lowest BCUT2D eigenvalue weighted by molar-refractivity contribution is -0.207. The van der Waals surface area contributed by atoms with Gasteiger partial charge in [0.1, 0.15) is 6.10 Å². The minimum Gasteiger partial charge on any atom is -0.439 e. The topological polar surface area (TPSA) is 48.0 Å². The number of benzene rings is 1. The Morgan fingerprint density at radius 2 is 1.80 bits per heavy atom. The van der Waals surface area contributed by atoms with Gasteiger partial charge in [-0.15, -0.1) is 0 Å². The van der Waals surface area contributed by atoms with Crippen molar-refractivity contribution in [3.8, 4) is 0 Å². The standard InChI is InChI=1S/C15H21NO4/c1-4-18-15(19-5-2)16-11(3)13(20-14(16)17)12-9-7-6-8-10-12/h6-11,13,15H,4-5H2,1-3H3/t11-,13-/m0/s1. The first-order valence-electron chi connectivity index (χ1n) is 6.96. The number of carbonyl (C=O) groups excluding carboxylic acids is 1. The lowest BCUT2D eigenvalue weighted by atomic mass is 10.0. The van der Waals surface area contributed by atoms with Gasteiger partial charge in [-0.25, -0.2) is 4.79 Å². The Morgan fingerprint density at radius 3 is 2.35 bits per heavy atom. The van der Waals surface area contributed by atoms with Gasteiger partial charge in [-0.05, 0) is 26.3 Å². The quantitative estimate of drug-likeness (QED) is 0.751. The van der Waals surface area contributed by atoms with Crippen LogP contribution in [0.4, 0.5) is 4.79 Å². The Bertz CT molecular complexity index is 431. The molecule has 1 aliphatic rings. The van der Waals surface area contributed by atoms with Gasteiger partial charge in [0, 0.05) is 13.2 Å². The molecule has 0 radical (unpaired) electrons. The van der Waals surface area contributed by atoms with Gasteiger partial charge in [-0.1, -0.05) is 30.3 Å². The number of rotatable bonds is 6. The van der Waals surface area contributed by atoms with Gasteiger partial charge >= 0.3 is 6.09 Å². The van der Waals surface area contributed by atoms with Crippen LogP contribution < -0.4 is 0 Å². The summed E-state index contributed by atoms with van der Waals surface area (Å²) in [4.78, 5) is 13.6. The fourth-order valence-corrected chi connectivity index (χ4v) is 2.34. The lowest BCUT2D eigenvalue weighted by Gasteiger charge is -2.28. The van der Waals surface area contributed by atoms with Crippen molar-refractivity contribution < 1.29 is 19.0 Å². The van der Waals surface area contributed by atoms with Crippen molar-refractivity contribution in [3.63, 3.8) is 0 Å². The van der Waals surface area contributed by atoms with Gasteiger partial charge in [0.25, 0.3) is 0 Å². The second kappa shape index (κ2) is 6.72. The first-order chi connectivity index (χ1) is 9.69. The van der Waals surface area contributed by atoms with Crippen LogP contribution in [0.2, 0.25) is 0 Å². The molecule has 1 aromatic carbocycles. The molecule has 0 spiro atoms. The van der Waals surface area contributed by atoms with Crippen molar-refractivity contribution in [2.45, 2.75) is 39.3 Å². The fourth-order valence-electron chi connectivity index (χ4n) is 2.34. The third kappa shape index (κ3) is 2.94. The summed E-state index contributed by atoms with van der Waals surface area (Å²) >= 11 is 0. The Kier molecular flexibility index (Phi) is 4.98. The zero-order valence-electron chi connectivity index (χ0n) is 12.1. The van der Waals surface area contributed by atoms with Crippen LogP contribution in [0.5, 0.6) is 0 Å². The predicted molar refractivity (Wildman–Crippen MR) is 74.0 cm³/mol. The highest BCUT2D eigenvalue weighted by atomic mass is 16.7. The molecule has 1 heterocycles. The summed E-state index contributed by atoms with van der Waals surface area (Å²) in [7, 11) is 0. The van der Waals surface area contributed by atoms with Crippen LogP contribution >= 0.6 is 0 Å². The highest BCUT2D eigenvalue weighted by molar-refractivity contribution is 5.71. The smallest absolute Gasteiger partial charge is 0.414 e. The van der Waals surface area contributed by atoms with E-state index in [-0.39, 0.29) is 12.1 Å². The van der Waals surface area contributed by atoms with E-state index in [4.69, 9.17) is 14.2 Å². The molecule has 110 valence electrons. The molecule has 1 aromatic rings. The first kappa shape index (κ1) is 14.8. The number of nitrogens with zero attached hydrogens (tertiary/aromatic N) is 1. The molecule has 0 aromatic heterocycles. The molecule has 2 rings (SSSR count). The molecular formula is C15H21NO4. The maximum atomic E-state index is 12.1. The van der Waals surface area contributed by atoms with Crippen molar-refractivity contribution in [1.29, 1.82) is 0 Å². The van der Waals surface area contributed by atoms with Crippen LogP contribution in [-0.2, 0) is 14.2 Å². The first-order valence-corrected chi connectivity index (χ1v) is 6.96. The average molecular weight is 279 g/mol. The van der Waals surface area contributed by atoms with Crippen molar-refractivity contribution in [1.82, 2.24) is 4.90 Å². The molecule has 0 aliphatic carbocycles. The lowest BCUT2D eigenvalue weighted by Crippen LogP contribution is -2.44. The van der Waals surface area contributed by atoms with Crippen LogP contribution in [0.25, 0.3) is 0 Å². The fraction of sp³-hybridized carbons (Fsp3) is 0.533. The van der Waals surface area contributed by atoms with Crippen LogP contribution in [0, 0.1) is 0 Å². The van der Waals surface area contributed by atoms with E-state index in [1.165, 1.54) is 4.90 Å². The van der Waals surface area contributed by atoms with Gasteiger partial charge in [-0.2, -0.15) is 0 Å². The zero-order chi connectivity index (χ0) is 14.5. The second-order valence-electron chi connectivity index (χ2n) is 4.58. The Balaban J connectivity index is 2.17. The van der Waals surface area contributed by atoms with E-state index in [1.807, 2.05) is 51.1 Å². The highest BCUT2D eigenvalue weighted by Gasteiger charge is 2.44. The van der Waals surface area contributed by atoms with E-state index >= 15 is 0 Å². The normalized spacial score (nSPS) is 22.4. The molecule has 1 fully saturated rings. The monoisotopic (exact) mass is 279 g/mol. The largest absolute Gasteiger partial charge is 0.439 e. The van der Waals surface area contributed by atoms with E-state index in [9.17, 15) is 4.79 Å². The summed E-state index contributed by atoms with van der Waals surface area (Å²) < 4.78 is 16.5. The van der Waals surface area contributed by atoms with Crippen molar-refractivity contribution in [2.75, 3.05) is 13.2 Å². The molecule has 0 saturated carbocycles. The summed E-state index contributed by atoms with van der Waals surface area (Å²) in [5.41, 5.74) is 0.975. The van der Waals surface area contributed by atoms with Crippen LogP contribution in [0.15, 0.2) is 30.3 Å². The van der Waals surface area contributed by atoms with Crippen LogP contribution in [0.3, 0.4) is 0 Å². The number of hydrogen-bond acceptors (Lipinski definition) is 4. The average Bonchev–Trinajstić information content (AvgIpc) is 2.75. The maximum absolute atomic E-state index is 12.1. The third-order valence-electron chi connectivity index (χ3n) is 3.29.